The number of amides is 1. The average Bonchev–Trinajstić information content (AvgIpc) is 3.06. The maximum atomic E-state index is 12.2. The minimum absolute atomic E-state index is 0.0393. The van der Waals surface area contributed by atoms with Crippen molar-refractivity contribution in [2.45, 2.75) is 18.3 Å². The number of rotatable bonds is 6. The lowest BCUT2D eigenvalue weighted by atomic mass is 10.3. The summed E-state index contributed by atoms with van der Waals surface area (Å²) in [6, 6.07) is 12.0. The van der Waals surface area contributed by atoms with Gasteiger partial charge >= 0.3 is 5.97 Å². The Morgan fingerprint density at radius 2 is 2.04 bits per heavy atom. The Labute approximate surface area is 169 Å². The number of esters is 1. The molecule has 0 spiro atoms. The highest BCUT2D eigenvalue weighted by Gasteiger charge is 2.20. The van der Waals surface area contributed by atoms with Crippen molar-refractivity contribution in [3.63, 3.8) is 0 Å². The number of carbonyl (C=O) groups excluding carboxylic acids is 2. The van der Waals surface area contributed by atoms with Gasteiger partial charge in [0.05, 0.1) is 10.7 Å². The van der Waals surface area contributed by atoms with Crippen molar-refractivity contribution in [3.05, 3.63) is 52.5 Å². The van der Waals surface area contributed by atoms with Crippen molar-refractivity contribution >= 4 is 63.6 Å². The van der Waals surface area contributed by atoms with Crippen LogP contribution >= 0.6 is 35.0 Å². The number of aromatic nitrogens is 1. The van der Waals surface area contributed by atoms with E-state index in [2.05, 4.69) is 10.3 Å². The maximum absolute atomic E-state index is 12.2. The molecule has 27 heavy (non-hydrogen) atoms. The number of anilines is 1. The molecule has 6 nitrogen and oxygen atoms in total. The standard InChI is InChI=1S/C18H14Cl2N2O4S/c1-10(17(24)21-14-8-11(19)6-7-12(14)20)25-16(23)9-27-18-22-13-4-2-3-5-15(13)26-18/h2-8,10H,9H2,1H3,(H,21,24). The third kappa shape index (κ3) is 5.15. The smallest absolute Gasteiger partial charge is 0.317 e. The normalized spacial score (nSPS) is 12.0. The summed E-state index contributed by atoms with van der Waals surface area (Å²) in [6.45, 7) is 1.47. The van der Waals surface area contributed by atoms with Crippen LogP contribution in [0.15, 0.2) is 52.1 Å². The van der Waals surface area contributed by atoms with Gasteiger partial charge in [0.15, 0.2) is 11.7 Å². The monoisotopic (exact) mass is 424 g/mol. The lowest BCUT2D eigenvalue weighted by Gasteiger charge is -2.14. The number of oxazole rings is 1. The van der Waals surface area contributed by atoms with E-state index in [1.807, 2.05) is 18.2 Å². The van der Waals surface area contributed by atoms with Crippen molar-refractivity contribution in [1.82, 2.24) is 4.98 Å². The fourth-order valence-corrected chi connectivity index (χ4v) is 3.10. The van der Waals surface area contributed by atoms with Gasteiger partial charge in [0.1, 0.15) is 11.3 Å². The average molecular weight is 425 g/mol. The molecule has 9 heteroatoms. The number of ether oxygens (including phenoxy) is 1. The Morgan fingerprint density at radius 1 is 1.26 bits per heavy atom. The molecule has 0 aliphatic rings. The van der Waals surface area contributed by atoms with Crippen molar-refractivity contribution in [2.24, 2.45) is 0 Å². The molecule has 0 saturated heterocycles. The molecule has 0 saturated carbocycles. The molecule has 0 aliphatic carbocycles. The molecule has 3 aromatic rings. The third-order valence-corrected chi connectivity index (χ3v) is 4.82. The van der Waals surface area contributed by atoms with Gasteiger partial charge in [-0.2, -0.15) is 0 Å². The minimum Gasteiger partial charge on any atom is -0.452 e. The van der Waals surface area contributed by atoms with Crippen LogP contribution in [-0.4, -0.2) is 28.7 Å². The van der Waals surface area contributed by atoms with E-state index in [4.69, 9.17) is 32.4 Å². The Hall–Kier alpha value is -2.22. The number of benzene rings is 2. The number of fused-ring (bicyclic) bond motifs is 1. The first-order valence-corrected chi connectivity index (χ1v) is 9.60. The largest absolute Gasteiger partial charge is 0.452 e. The fourth-order valence-electron chi connectivity index (χ4n) is 2.15. The Kier molecular flexibility index (Phi) is 6.26. The van der Waals surface area contributed by atoms with Crippen LogP contribution in [0, 0.1) is 0 Å². The zero-order valence-corrected chi connectivity index (χ0v) is 16.4. The molecule has 0 aliphatic heterocycles. The summed E-state index contributed by atoms with van der Waals surface area (Å²) in [5.74, 6) is -1.12. The summed E-state index contributed by atoms with van der Waals surface area (Å²) in [4.78, 5) is 28.4. The van der Waals surface area contributed by atoms with E-state index in [1.165, 1.54) is 13.0 Å². The van der Waals surface area contributed by atoms with Gasteiger partial charge < -0.3 is 14.5 Å². The van der Waals surface area contributed by atoms with E-state index in [-0.39, 0.29) is 5.75 Å². The number of nitrogens with one attached hydrogen (secondary N) is 1. The Bertz CT molecular complexity index is 959. The van der Waals surface area contributed by atoms with Gasteiger partial charge in [-0.05, 0) is 37.3 Å². The highest BCUT2D eigenvalue weighted by atomic mass is 35.5. The van der Waals surface area contributed by atoms with Crippen molar-refractivity contribution in [3.8, 4) is 0 Å². The summed E-state index contributed by atoms with van der Waals surface area (Å²) >= 11 is 13.0. The summed E-state index contributed by atoms with van der Waals surface area (Å²) in [5, 5.41) is 3.69. The van der Waals surface area contributed by atoms with Crippen LogP contribution in [0.4, 0.5) is 5.69 Å². The van der Waals surface area contributed by atoms with Crippen LogP contribution < -0.4 is 5.32 Å². The van der Waals surface area contributed by atoms with Gasteiger partial charge in [0.25, 0.3) is 11.1 Å². The van der Waals surface area contributed by atoms with Gasteiger partial charge in [-0.25, -0.2) is 4.98 Å². The Balaban J connectivity index is 1.52. The molecule has 1 aromatic heterocycles. The fraction of sp³-hybridized carbons (Fsp3) is 0.167. The van der Waals surface area contributed by atoms with Gasteiger partial charge in [0.2, 0.25) is 0 Å². The molecule has 0 radical (unpaired) electrons. The quantitative estimate of drug-likeness (QED) is 0.452. The molecule has 1 heterocycles. The SMILES string of the molecule is CC(OC(=O)CSc1nc2ccccc2o1)C(=O)Nc1cc(Cl)ccc1Cl. The molecule has 1 atom stereocenters. The molecule has 0 bridgehead atoms. The number of carbonyl (C=O) groups is 2. The zero-order valence-electron chi connectivity index (χ0n) is 14.1. The van der Waals surface area contributed by atoms with Gasteiger partial charge in [-0.3, -0.25) is 9.59 Å². The molecule has 0 fully saturated rings. The second kappa shape index (κ2) is 8.65. The topological polar surface area (TPSA) is 81.4 Å². The molecule has 140 valence electrons. The van der Waals surface area contributed by atoms with Crippen LogP contribution in [0.5, 0.6) is 0 Å². The van der Waals surface area contributed by atoms with E-state index >= 15 is 0 Å². The molecule has 3 rings (SSSR count). The number of hydrogen-bond acceptors (Lipinski definition) is 6. The molecular weight excluding hydrogens is 411 g/mol. The summed E-state index contributed by atoms with van der Waals surface area (Å²) < 4.78 is 10.6. The van der Waals surface area contributed by atoms with Crippen LogP contribution in [0.25, 0.3) is 11.1 Å². The number of para-hydroxylation sites is 2. The van der Waals surface area contributed by atoms with E-state index in [1.54, 1.807) is 18.2 Å². The Morgan fingerprint density at radius 3 is 2.81 bits per heavy atom. The van der Waals surface area contributed by atoms with Gasteiger partial charge in [-0.15, -0.1) is 0 Å². The number of hydrogen-bond donors (Lipinski definition) is 1. The molecule has 2 aromatic carbocycles. The molecule has 1 unspecified atom stereocenters. The van der Waals surface area contributed by atoms with Crippen molar-refractivity contribution in [2.75, 3.05) is 11.1 Å². The van der Waals surface area contributed by atoms with E-state index in [0.29, 0.717) is 32.1 Å². The lowest BCUT2D eigenvalue weighted by molar-refractivity contribution is -0.150. The highest BCUT2D eigenvalue weighted by Crippen LogP contribution is 2.26. The van der Waals surface area contributed by atoms with Crippen LogP contribution in [0.2, 0.25) is 10.0 Å². The lowest BCUT2D eigenvalue weighted by Crippen LogP contribution is -2.30. The summed E-state index contributed by atoms with van der Waals surface area (Å²) in [6.07, 6.45) is -1.00. The predicted octanol–water partition coefficient (Wildman–Crippen LogP) is 4.80. The summed E-state index contributed by atoms with van der Waals surface area (Å²) in [5.41, 5.74) is 1.69. The van der Waals surface area contributed by atoms with Crippen LogP contribution in [0.3, 0.4) is 0 Å². The summed E-state index contributed by atoms with van der Waals surface area (Å²) in [7, 11) is 0. The van der Waals surface area contributed by atoms with E-state index < -0.39 is 18.0 Å². The van der Waals surface area contributed by atoms with E-state index in [0.717, 1.165) is 11.8 Å². The molecule has 1 N–H and O–H groups in total. The van der Waals surface area contributed by atoms with Gasteiger partial charge in [-0.1, -0.05) is 47.1 Å². The third-order valence-electron chi connectivity index (χ3n) is 3.45. The van der Waals surface area contributed by atoms with E-state index in [9.17, 15) is 9.59 Å². The maximum Gasteiger partial charge on any atom is 0.317 e. The van der Waals surface area contributed by atoms with Crippen molar-refractivity contribution < 1.29 is 18.7 Å². The number of thioether (sulfide) groups is 1. The predicted molar refractivity (Wildman–Crippen MR) is 105 cm³/mol. The highest BCUT2D eigenvalue weighted by molar-refractivity contribution is 7.99. The van der Waals surface area contributed by atoms with Crippen molar-refractivity contribution in [1.29, 1.82) is 0 Å². The second-order valence-electron chi connectivity index (χ2n) is 5.48. The minimum atomic E-state index is -1.00. The number of halogens is 2. The number of nitrogens with zero attached hydrogens (tertiary/aromatic N) is 1. The van der Waals surface area contributed by atoms with Crippen LogP contribution in [0.1, 0.15) is 6.92 Å². The first kappa shape index (κ1) is 19.5. The first-order valence-electron chi connectivity index (χ1n) is 7.86. The van der Waals surface area contributed by atoms with Gasteiger partial charge in [0, 0.05) is 5.02 Å². The van der Waals surface area contributed by atoms with Crippen LogP contribution in [-0.2, 0) is 14.3 Å². The first-order chi connectivity index (χ1) is 12.9. The molecular formula is C18H14Cl2N2O4S. The second-order valence-corrected chi connectivity index (χ2v) is 7.25. The zero-order chi connectivity index (χ0) is 19.4. The molecule has 1 amide bonds.